The third kappa shape index (κ3) is 14.2. The molecule has 0 aliphatic rings. The summed E-state index contributed by atoms with van der Waals surface area (Å²) in [6.45, 7) is -1.06. The molecule has 0 saturated heterocycles. The van der Waals surface area contributed by atoms with Gasteiger partial charge in [-0.3, -0.25) is 24.2 Å². The van der Waals surface area contributed by atoms with Crippen molar-refractivity contribution in [1.82, 2.24) is 21.3 Å². The van der Waals surface area contributed by atoms with Gasteiger partial charge in [0, 0.05) is 13.0 Å². The summed E-state index contributed by atoms with van der Waals surface area (Å²) in [7, 11) is 0. The van der Waals surface area contributed by atoms with Gasteiger partial charge in [0.1, 0.15) is 30.2 Å². The molecule has 17 heteroatoms. The fourth-order valence-corrected chi connectivity index (χ4v) is 3.95. The van der Waals surface area contributed by atoms with Crippen LogP contribution in [0.5, 0.6) is 0 Å². The minimum Gasteiger partial charge on any atom is -0.480 e. The van der Waals surface area contributed by atoms with Crippen LogP contribution >= 0.6 is 0 Å². The van der Waals surface area contributed by atoms with Gasteiger partial charge in [0.15, 0.2) is 5.96 Å². The highest BCUT2D eigenvalue weighted by Gasteiger charge is 2.31. The zero-order valence-corrected chi connectivity index (χ0v) is 24.5. The largest absolute Gasteiger partial charge is 0.480 e. The maximum Gasteiger partial charge on any atom is 0.326 e. The molecule has 0 unspecified atom stereocenters. The minimum absolute atomic E-state index is 0.00338. The lowest BCUT2D eigenvalue weighted by Crippen LogP contribution is -2.59. The molecule has 0 spiro atoms. The van der Waals surface area contributed by atoms with E-state index in [9.17, 15) is 34.2 Å². The highest BCUT2D eigenvalue weighted by atomic mass is 16.4. The fraction of sp³-hybridized carbons (Fsp3) is 0.556. The number of aliphatic hydroxyl groups excluding tert-OH is 2. The number of benzene rings is 1. The lowest BCUT2D eigenvalue weighted by molar-refractivity contribution is -0.142. The van der Waals surface area contributed by atoms with Crippen molar-refractivity contribution in [2.75, 3.05) is 26.3 Å². The second-order valence-electron chi connectivity index (χ2n) is 9.98. The number of aliphatic carboxylic acids is 1. The molecule has 17 nitrogen and oxygen atoms in total. The van der Waals surface area contributed by atoms with Crippen LogP contribution in [-0.4, -0.2) is 107 Å². The quantitative estimate of drug-likeness (QED) is 0.0352. The molecule has 1 aromatic rings. The molecule has 44 heavy (non-hydrogen) atoms. The molecule has 0 saturated carbocycles. The normalized spacial score (nSPS) is 14.2. The smallest absolute Gasteiger partial charge is 0.326 e. The molecule has 0 bridgehead atoms. The molecule has 246 valence electrons. The molecule has 0 heterocycles. The Morgan fingerprint density at radius 1 is 0.727 bits per heavy atom. The Hall–Kier alpha value is -4.32. The third-order valence-corrected chi connectivity index (χ3v) is 6.40. The molecule has 0 aliphatic carbocycles. The van der Waals surface area contributed by atoms with Crippen LogP contribution in [0.4, 0.5) is 0 Å². The van der Waals surface area contributed by atoms with E-state index in [1.54, 1.807) is 30.3 Å². The number of carbonyl (C=O) groups excluding carboxylic acids is 4. The molecule has 5 atom stereocenters. The first-order valence-corrected chi connectivity index (χ1v) is 14.1. The van der Waals surface area contributed by atoms with E-state index in [1.807, 2.05) is 0 Å². The molecule has 4 amide bonds. The Labute approximate surface area is 255 Å². The number of carboxylic acids is 1. The van der Waals surface area contributed by atoms with Gasteiger partial charge in [-0.15, -0.1) is 0 Å². The van der Waals surface area contributed by atoms with Crippen LogP contribution in [0, 0.1) is 0 Å². The number of nitrogens with zero attached hydrogens (tertiary/aromatic N) is 1. The predicted octanol–water partition coefficient (Wildman–Crippen LogP) is -4.25. The molecule has 15 N–H and O–H groups in total. The van der Waals surface area contributed by atoms with Crippen molar-refractivity contribution in [2.24, 2.45) is 27.9 Å². The lowest BCUT2D eigenvalue weighted by atomic mass is 10.0. The predicted molar refractivity (Wildman–Crippen MR) is 160 cm³/mol. The summed E-state index contributed by atoms with van der Waals surface area (Å²) in [5.41, 5.74) is 22.3. The number of rotatable bonds is 21. The zero-order chi connectivity index (χ0) is 33.1. The summed E-state index contributed by atoms with van der Waals surface area (Å²) >= 11 is 0. The minimum atomic E-state index is -1.48. The van der Waals surface area contributed by atoms with Gasteiger partial charge in [0.2, 0.25) is 23.6 Å². The second-order valence-corrected chi connectivity index (χ2v) is 9.98. The van der Waals surface area contributed by atoms with Crippen LogP contribution in [-0.2, 0) is 30.4 Å². The number of aliphatic imine (C=N–C) groups is 1. The highest BCUT2D eigenvalue weighted by Crippen LogP contribution is 2.08. The second kappa shape index (κ2) is 20.6. The summed E-state index contributed by atoms with van der Waals surface area (Å²) in [6.07, 6.45) is 1.28. The van der Waals surface area contributed by atoms with Crippen molar-refractivity contribution < 1.29 is 39.3 Å². The first-order chi connectivity index (χ1) is 20.9. The van der Waals surface area contributed by atoms with Crippen molar-refractivity contribution in [3.05, 3.63) is 35.9 Å². The standard InChI is InChI=1S/C27H45N9O8/c28-11-5-4-9-18(33-25(42)21(15-38)36-22(39)17(29)14-37)23(40)35-20(13-16-7-2-1-3-8-16)24(41)34-19(26(43)44)10-6-12-32-27(30)31/h1-3,7-8,17-21,37-38H,4-6,9-15,28-29H2,(H,33,42)(H,34,41)(H,35,40)(H,36,39)(H,43,44)(H4,30,31,32)/t17-,18-,19-,20-,21-/m0/s1. The van der Waals surface area contributed by atoms with Crippen LogP contribution in [0.25, 0.3) is 0 Å². The van der Waals surface area contributed by atoms with Crippen molar-refractivity contribution >= 4 is 35.6 Å². The van der Waals surface area contributed by atoms with E-state index in [-0.39, 0.29) is 38.2 Å². The molecule has 0 fully saturated rings. The summed E-state index contributed by atoms with van der Waals surface area (Å²) in [5.74, 6) is -4.78. The van der Waals surface area contributed by atoms with Gasteiger partial charge in [-0.05, 0) is 44.2 Å². The van der Waals surface area contributed by atoms with E-state index in [0.717, 1.165) is 0 Å². The maximum absolute atomic E-state index is 13.5. The van der Waals surface area contributed by atoms with E-state index < -0.39 is 73.0 Å². The topological polar surface area (TPSA) is 311 Å². The summed E-state index contributed by atoms with van der Waals surface area (Å²) in [6, 6.07) is 2.11. The number of nitrogens with two attached hydrogens (primary N) is 4. The van der Waals surface area contributed by atoms with E-state index >= 15 is 0 Å². The highest BCUT2D eigenvalue weighted by molar-refractivity contribution is 5.95. The molecule has 0 aromatic heterocycles. The SMILES string of the molecule is NCCCC[C@H](NC(=O)[C@H](CO)NC(=O)[C@@H](N)CO)C(=O)N[C@@H](Cc1ccccc1)C(=O)N[C@@H](CCCN=C(N)N)C(=O)O. The van der Waals surface area contributed by atoms with E-state index in [1.165, 1.54) is 0 Å². The van der Waals surface area contributed by atoms with Crippen LogP contribution in [0.1, 0.15) is 37.7 Å². The van der Waals surface area contributed by atoms with Gasteiger partial charge in [0.05, 0.1) is 13.2 Å². The Kier molecular flexibility index (Phi) is 17.6. The molecular formula is C27H45N9O8. The molecular weight excluding hydrogens is 578 g/mol. The van der Waals surface area contributed by atoms with Crippen LogP contribution in [0.3, 0.4) is 0 Å². The average Bonchev–Trinajstić information content (AvgIpc) is 2.99. The van der Waals surface area contributed by atoms with Gasteiger partial charge in [-0.2, -0.15) is 0 Å². The monoisotopic (exact) mass is 623 g/mol. The maximum atomic E-state index is 13.5. The Balaban J connectivity index is 3.16. The van der Waals surface area contributed by atoms with E-state index in [2.05, 4.69) is 26.3 Å². The number of nitrogens with one attached hydrogen (secondary N) is 4. The Bertz CT molecular complexity index is 1100. The molecule has 1 aromatic carbocycles. The Morgan fingerprint density at radius 2 is 1.27 bits per heavy atom. The summed E-state index contributed by atoms with van der Waals surface area (Å²) in [4.78, 5) is 67.4. The van der Waals surface area contributed by atoms with Crippen molar-refractivity contribution in [3.63, 3.8) is 0 Å². The number of hydrogen-bond donors (Lipinski definition) is 11. The summed E-state index contributed by atoms with van der Waals surface area (Å²) < 4.78 is 0. The Morgan fingerprint density at radius 3 is 1.84 bits per heavy atom. The van der Waals surface area contributed by atoms with Gasteiger partial charge in [0.25, 0.3) is 0 Å². The van der Waals surface area contributed by atoms with Crippen LogP contribution in [0.15, 0.2) is 35.3 Å². The van der Waals surface area contributed by atoms with Crippen LogP contribution in [0.2, 0.25) is 0 Å². The number of carbonyl (C=O) groups is 5. The lowest BCUT2D eigenvalue weighted by Gasteiger charge is -2.26. The number of hydrogen-bond acceptors (Lipinski definition) is 10. The molecule has 0 aliphatic heterocycles. The zero-order valence-electron chi connectivity index (χ0n) is 24.5. The van der Waals surface area contributed by atoms with Crippen molar-refractivity contribution in [2.45, 2.75) is 68.7 Å². The van der Waals surface area contributed by atoms with Crippen molar-refractivity contribution in [3.8, 4) is 0 Å². The van der Waals surface area contributed by atoms with Gasteiger partial charge >= 0.3 is 5.97 Å². The van der Waals surface area contributed by atoms with Crippen LogP contribution < -0.4 is 44.2 Å². The van der Waals surface area contributed by atoms with Gasteiger partial charge in [-0.25, -0.2) is 4.79 Å². The van der Waals surface area contributed by atoms with Gasteiger partial charge in [-0.1, -0.05) is 30.3 Å². The number of aliphatic hydroxyl groups is 2. The first kappa shape index (κ1) is 37.7. The molecule has 1 rings (SSSR count). The number of unbranched alkanes of at least 4 members (excludes halogenated alkanes) is 1. The summed E-state index contributed by atoms with van der Waals surface area (Å²) in [5, 5.41) is 38.1. The molecule has 0 radical (unpaired) electrons. The first-order valence-electron chi connectivity index (χ1n) is 14.1. The van der Waals surface area contributed by atoms with E-state index in [4.69, 9.17) is 28.0 Å². The third-order valence-electron chi connectivity index (χ3n) is 6.40. The van der Waals surface area contributed by atoms with Crippen molar-refractivity contribution in [1.29, 1.82) is 0 Å². The fourth-order valence-electron chi connectivity index (χ4n) is 3.95. The van der Waals surface area contributed by atoms with E-state index in [0.29, 0.717) is 24.9 Å². The average molecular weight is 624 g/mol. The number of guanidine groups is 1. The number of carboxylic acid groups (broad SMARTS) is 1. The van der Waals surface area contributed by atoms with Gasteiger partial charge < -0.3 is 59.5 Å². The number of amides is 4.